The van der Waals surface area contributed by atoms with E-state index in [2.05, 4.69) is 58.4 Å². The minimum absolute atomic E-state index is 0.128. The summed E-state index contributed by atoms with van der Waals surface area (Å²) < 4.78 is 6.11. The lowest BCUT2D eigenvalue weighted by Gasteiger charge is -2.21. The molecule has 5 nitrogen and oxygen atoms in total. The number of nitrogens with zero attached hydrogens (tertiary/aromatic N) is 1. The van der Waals surface area contributed by atoms with Crippen molar-refractivity contribution in [2.24, 2.45) is 5.92 Å². The highest BCUT2D eigenvalue weighted by Crippen LogP contribution is 2.29. The largest absolute Gasteiger partial charge is 0.396 e. The number of hydrogen-bond donors (Lipinski definition) is 3. The van der Waals surface area contributed by atoms with E-state index in [0.717, 1.165) is 30.7 Å². The van der Waals surface area contributed by atoms with Gasteiger partial charge in [-0.15, -0.1) is 0 Å². The second-order valence-electron chi connectivity index (χ2n) is 9.56. The molecule has 2 fully saturated rings. The topological polar surface area (TPSA) is 68.7 Å². The van der Waals surface area contributed by atoms with Gasteiger partial charge in [-0.1, -0.05) is 37.1 Å². The molecule has 0 spiro atoms. The predicted molar refractivity (Wildman–Crippen MR) is 127 cm³/mol. The third-order valence-corrected chi connectivity index (χ3v) is 7.18. The molecule has 2 aliphatic rings. The Morgan fingerprint density at radius 2 is 1.81 bits per heavy atom. The molecule has 3 aromatic rings. The third kappa shape index (κ3) is 4.76. The summed E-state index contributed by atoms with van der Waals surface area (Å²) in [6, 6.07) is 17.6. The average molecular weight is 435 g/mol. The van der Waals surface area contributed by atoms with Crippen LogP contribution in [0.5, 0.6) is 0 Å². The van der Waals surface area contributed by atoms with E-state index in [1.54, 1.807) is 0 Å². The smallest absolute Gasteiger partial charge is 0.0720 e. The average Bonchev–Trinajstić information content (AvgIpc) is 3.57. The van der Waals surface area contributed by atoms with E-state index in [-0.39, 0.29) is 25.2 Å². The Hall–Kier alpha value is -2.18. The molecule has 32 heavy (non-hydrogen) atoms. The fourth-order valence-corrected chi connectivity index (χ4v) is 5.39. The summed E-state index contributed by atoms with van der Waals surface area (Å²) >= 11 is 0. The minimum atomic E-state index is 0.128. The Balaban J connectivity index is 1.30. The second-order valence-corrected chi connectivity index (χ2v) is 9.56. The number of benzene rings is 2. The number of fused-ring (bicyclic) bond motifs is 1. The van der Waals surface area contributed by atoms with Crippen molar-refractivity contribution in [2.75, 3.05) is 19.8 Å². The van der Waals surface area contributed by atoms with Gasteiger partial charge in [0.25, 0.3) is 0 Å². The molecule has 1 saturated carbocycles. The second kappa shape index (κ2) is 9.75. The third-order valence-electron chi connectivity index (χ3n) is 7.18. The van der Waals surface area contributed by atoms with Crippen molar-refractivity contribution in [3.05, 3.63) is 59.8 Å². The highest BCUT2D eigenvalue weighted by Gasteiger charge is 2.31. The maximum Gasteiger partial charge on any atom is 0.0720 e. The number of aliphatic hydroxyl groups is 2. The van der Waals surface area contributed by atoms with Crippen LogP contribution >= 0.6 is 0 Å². The lowest BCUT2D eigenvalue weighted by Crippen LogP contribution is -2.31. The SMILES string of the molecule is OC[C@@H]1C[C@H](CO)N(Cc2cc3cc(-c4cccc(COC5CCCC5)c4)ccc3[nH]2)C1. The van der Waals surface area contributed by atoms with E-state index in [1.165, 1.54) is 47.8 Å². The monoisotopic (exact) mass is 434 g/mol. The zero-order valence-electron chi connectivity index (χ0n) is 18.7. The molecule has 1 aliphatic carbocycles. The molecule has 0 bridgehead atoms. The maximum atomic E-state index is 9.71. The van der Waals surface area contributed by atoms with Gasteiger partial charge in [0.2, 0.25) is 0 Å². The first-order valence-electron chi connectivity index (χ1n) is 12.0. The van der Waals surface area contributed by atoms with Gasteiger partial charge in [0, 0.05) is 42.3 Å². The van der Waals surface area contributed by atoms with Crippen LogP contribution in [-0.4, -0.2) is 52.0 Å². The van der Waals surface area contributed by atoms with Gasteiger partial charge in [-0.05, 0) is 66.1 Å². The fraction of sp³-hybridized carbons (Fsp3) is 0.481. The Kier molecular flexibility index (Phi) is 6.60. The van der Waals surface area contributed by atoms with Crippen molar-refractivity contribution in [1.29, 1.82) is 0 Å². The van der Waals surface area contributed by atoms with Crippen LogP contribution in [0.2, 0.25) is 0 Å². The summed E-state index contributed by atoms with van der Waals surface area (Å²) in [6.45, 7) is 2.61. The zero-order valence-corrected chi connectivity index (χ0v) is 18.7. The Bertz CT molecular complexity index is 1040. The van der Waals surface area contributed by atoms with Crippen LogP contribution in [-0.2, 0) is 17.9 Å². The number of aromatic amines is 1. The van der Waals surface area contributed by atoms with Gasteiger partial charge in [0.05, 0.1) is 19.3 Å². The molecule has 0 radical (unpaired) electrons. The Morgan fingerprint density at radius 1 is 0.969 bits per heavy atom. The summed E-state index contributed by atoms with van der Waals surface area (Å²) in [7, 11) is 0. The molecule has 1 aromatic heterocycles. The van der Waals surface area contributed by atoms with Crippen LogP contribution in [0.25, 0.3) is 22.0 Å². The number of aromatic nitrogens is 1. The highest BCUT2D eigenvalue weighted by molar-refractivity contribution is 5.86. The number of aliphatic hydroxyl groups excluding tert-OH is 2. The molecule has 1 saturated heterocycles. The van der Waals surface area contributed by atoms with E-state index >= 15 is 0 Å². The first-order chi connectivity index (χ1) is 15.7. The zero-order chi connectivity index (χ0) is 21.9. The molecular weight excluding hydrogens is 400 g/mol. The van der Waals surface area contributed by atoms with Gasteiger partial charge in [-0.25, -0.2) is 0 Å². The van der Waals surface area contributed by atoms with Crippen LogP contribution < -0.4 is 0 Å². The van der Waals surface area contributed by atoms with Crippen molar-refractivity contribution in [2.45, 2.75) is 57.4 Å². The number of rotatable bonds is 8. The molecule has 5 heteroatoms. The molecule has 1 aliphatic heterocycles. The summed E-state index contributed by atoms with van der Waals surface area (Å²) in [4.78, 5) is 5.81. The number of nitrogens with one attached hydrogen (secondary N) is 1. The summed E-state index contributed by atoms with van der Waals surface area (Å²) in [6.07, 6.45) is 6.28. The van der Waals surface area contributed by atoms with Crippen molar-refractivity contribution in [1.82, 2.24) is 9.88 Å². The quantitative estimate of drug-likeness (QED) is 0.489. The van der Waals surface area contributed by atoms with Gasteiger partial charge in [-0.2, -0.15) is 0 Å². The number of H-pyrrole nitrogens is 1. The van der Waals surface area contributed by atoms with Gasteiger partial charge >= 0.3 is 0 Å². The predicted octanol–water partition coefficient (Wildman–Crippen LogP) is 4.47. The van der Waals surface area contributed by atoms with Crippen LogP contribution in [0.15, 0.2) is 48.5 Å². The molecule has 170 valence electrons. The lowest BCUT2D eigenvalue weighted by molar-refractivity contribution is 0.0457. The molecule has 0 unspecified atom stereocenters. The molecule has 2 atom stereocenters. The van der Waals surface area contributed by atoms with Crippen LogP contribution in [0.4, 0.5) is 0 Å². The molecule has 0 amide bonds. The van der Waals surface area contributed by atoms with E-state index < -0.39 is 0 Å². The standard InChI is InChI=1S/C27H34N2O3/c30-16-20-11-25(17-31)29(14-20)15-24-13-23-12-22(8-9-27(23)28-24)21-5-3-4-19(10-21)18-32-26-6-1-2-7-26/h3-5,8-10,12-13,20,25-26,28,30-31H,1-2,6-7,11,14-18H2/t20-,25-/m1/s1. The highest BCUT2D eigenvalue weighted by atomic mass is 16.5. The first kappa shape index (κ1) is 21.7. The molecular formula is C27H34N2O3. The van der Waals surface area contributed by atoms with E-state index in [4.69, 9.17) is 4.74 Å². The Morgan fingerprint density at radius 3 is 2.62 bits per heavy atom. The van der Waals surface area contributed by atoms with E-state index in [9.17, 15) is 10.2 Å². The Labute approximate surface area is 190 Å². The van der Waals surface area contributed by atoms with Gasteiger partial charge in [0.1, 0.15) is 0 Å². The molecule has 5 rings (SSSR count). The van der Waals surface area contributed by atoms with Crippen molar-refractivity contribution in [3.8, 4) is 11.1 Å². The number of likely N-dealkylation sites (tertiary alicyclic amines) is 1. The molecule has 3 N–H and O–H groups in total. The van der Waals surface area contributed by atoms with Crippen LogP contribution in [0.3, 0.4) is 0 Å². The van der Waals surface area contributed by atoms with Gasteiger partial charge < -0.3 is 19.9 Å². The van der Waals surface area contributed by atoms with Crippen molar-refractivity contribution in [3.63, 3.8) is 0 Å². The molecule has 2 heterocycles. The van der Waals surface area contributed by atoms with E-state index in [0.29, 0.717) is 12.7 Å². The van der Waals surface area contributed by atoms with E-state index in [1.807, 2.05) is 0 Å². The fourth-order valence-electron chi connectivity index (χ4n) is 5.39. The number of hydrogen-bond acceptors (Lipinski definition) is 4. The van der Waals surface area contributed by atoms with Crippen molar-refractivity contribution >= 4 is 10.9 Å². The maximum absolute atomic E-state index is 9.71. The molecule has 2 aromatic carbocycles. The summed E-state index contributed by atoms with van der Waals surface area (Å²) in [5.74, 6) is 0.257. The van der Waals surface area contributed by atoms with Crippen LogP contribution in [0, 0.1) is 5.92 Å². The summed E-state index contributed by atoms with van der Waals surface area (Å²) in [5, 5.41) is 20.4. The number of ether oxygens (including phenoxy) is 1. The van der Waals surface area contributed by atoms with Gasteiger partial charge in [0.15, 0.2) is 0 Å². The minimum Gasteiger partial charge on any atom is -0.396 e. The summed E-state index contributed by atoms with van der Waals surface area (Å²) in [5.41, 5.74) is 5.93. The first-order valence-corrected chi connectivity index (χ1v) is 12.0. The normalized spacial score (nSPS) is 22.3. The van der Waals surface area contributed by atoms with Crippen LogP contribution in [0.1, 0.15) is 43.4 Å². The lowest BCUT2D eigenvalue weighted by atomic mass is 10.0. The van der Waals surface area contributed by atoms with Crippen molar-refractivity contribution < 1.29 is 14.9 Å². The van der Waals surface area contributed by atoms with Gasteiger partial charge in [-0.3, -0.25) is 4.90 Å².